The highest BCUT2D eigenvalue weighted by molar-refractivity contribution is 5.90. The Morgan fingerprint density at radius 3 is 2.76 bits per heavy atom. The van der Waals surface area contributed by atoms with Crippen LogP contribution in [0.25, 0.3) is 0 Å². The number of hydrogen-bond acceptors (Lipinski definition) is 5. The number of nitrogens with one attached hydrogen (secondary N) is 2. The first kappa shape index (κ1) is 16.8. The number of anilines is 1. The summed E-state index contributed by atoms with van der Waals surface area (Å²) in [5, 5.41) is 9.61. The molecular weight excluding hydrogens is 320 g/mol. The van der Waals surface area contributed by atoms with Gasteiger partial charge in [-0.05, 0) is 12.5 Å². The van der Waals surface area contributed by atoms with Crippen LogP contribution in [0.15, 0.2) is 51.7 Å². The van der Waals surface area contributed by atoms with Crippen molar-refractivity contribution in [1.82, 2.24) is 15.5 Å². The number of amides is 2. The molecule has 3 aromatic rings. The van der Waals surface area contributed by atoms with E-state index in [0.29, 0.717) is 35.9 Å². The van der Waals surface area contributed by atoms with E-state index in [4.69, 9.17) is 8.94 Å². The molecule has 2 N–H and O–H groups in total. The van der Waals surface area contributed by atoms with Crippen LogP contribution >= 0.6 is 0 Å². The van der Waals surface area contributed by atoms with Crippen LogP contribution in [-0.2, 0) is 12.8 Å². The van der Waals surface area contributed by atoms with Crippen LogP contribution < -0.4 is 10.6 Å². The number of carbonyl (C=O) groups excluding carboxylic acids is 1. The lowest BCUT2D eigenvalue weighted by molar-refractivity contribution is 0.245. The number of nitrogens with zero attached hydrogens (tertiary/aromatic N) is 2. The molecule has 1 atom stereocenters. The smallest absolute Gasteiger partial charge is 0.320 e. The highest BCUT2D eigenvalue weighted by Crippen LogP contribution is 2.21. The van der Waals surface area contributed by atoms with Crippen molar-refractivity contribution in [3.05, 3.63) is 65.7 Å². The first-order valence-corrected chi connectivity index (χ1v) is 8.13. The van der Waals surface area contributed by atoms with Crippen LogP contribution in [0.1, 0.15) is 35.9 Å². The fraction of sp³-hybridized carbons (Fsp3) is 0.278. The molecule has 7 nitrogen and oxygen atoms in total. The SMILES string of the molecule is CCc1onc(C)c1NC(=O)NC(Cc1ccccc1)c1ncco1. The third-order valence-corrected chi connectivity index (χ3v) is 3.83. The fourth-order valence-corrected chi connectivity index (χ4v) is 2.58. The molecule has 25 heavy (non-hydrogen) atoms. The minimum absolute atomic E-state index is 0.361. The van der Waals surface area contributed by atoms with Crippen molar-refractivity contribution < 1.29 is 13.7 Å². The van der Waals surface area contributed by atoms with Gasteiger partial charge in [0.15, 0.2) is 5.76 Å². The molecule has 2 aromatic heterocycles. The van der Waals surface area contributed by atoms with E-state index in [-0.39, 0.29) is 12.1 Å². The molecule has 0 radical (unpaired) electrons. The average molecular weight is 340 g/mol. The summed E-state index contributed by atoms with van der Waals surface area (Å²) < 4.78 is 10.6. The van der Waals surface area contributed by atoms with Crippen LogP contribution in [0, 0.1) is 6.92 Å². The van der Waals surface area contributed by atoms with Gasteiger partial charge in [0.1, 0.15) is 23.7 Å². The van der Waals surface area contributed by atoms with E-state index in [2.05, 4.69) is 20.8 Å². The molecule has 0 aliphatic carbocycles. The lowest BCUT2D eigenvalue weighted by Gasteiger charge is -2.16. The van der Waals surface area contributed by atoms with Gasteiger partial charge in [-0.25, -0.2) is 9.78 Å². The van der Waals surface area contributed by atoms with Crippen LogP contribution in [0.3, 0.4) is 0 Å². The quantitative estimate of drug-likeness (QED) is 0.714. The summed E-state index contributed by atoms with van der Waals surface area (Å²) in [6.45, 7) is 3.72. The van der Waals surface area contributed by atoms with Gasteiger partial charge in [-0.2, -0.15) is 0 Å². The van der Waals surface area contributed by atoms with Crippen molar-refractivity contribution in [2.24, 2.45) is 0 Å². The third-order valence-electron chi connectivity index (χ3n) is 3.83. The second-order valence-electron chi connectivity index (χ2n) is 5.63. The van der Waals surface area contributed by atoms with Gasteiger partial charge in [-0.1, -0.05) is 42.4 Å². The Hall–Kier alpha value is -3.09. The number of urea groups is 1. The summed E-state index contributed by atoms with van der Waals surface area (Å²) in [5.41, 5.74) is 2.31. The van der Waals surface area contributed by atoms with Crippen molar-refractivity contribution >= 4 is 11.7 Å². The monoisotopic (exact) mass is 340 g/mol. The van der Waals surface area contributed by atoms with Crippen LogP contribution in [0.5, 0.6) is 0 Å². The Kier molecular flexibility index (Phi) is 5.13. The van der Waals surface area contributed by atoms with Crippen molar-refractivity contribution in [2.75, 3.05) is 5.32 Å². The highest BCUT2D eigenvalue weighted by atomic mass is 16.5. The molecule has 2 amide bonds. The maximum absolute atomic E-state index is 12.5. The molecule has 0 spiro atoms. The topological polar surface area (TPSA) is 93.2 Å². The van der Waals surface area contributed by atoms with Gasteiger partial charge < -0.3 is 19.6 Å². The molecule has 0 aliphatic rings. The molecule has 1 aromatic carbocycles. The third kappa shape index (κ3) is 4.06. The summed E-state index contributed by atoms with van der Waals surface area (Å²) in [5.74, 6) is 1.10. The molecule has 1 unspecified atom stereocenters. The second-order valence-corrected chi connectivity index (χ2v) is 5.63. The number of oxazole rings is 1. The molecule has 2 heterocycles. The first-order valence-electron chi connectivity index (χ1n) is 8.13. The predicted octanol–water partition coefficient (Wildman–Crippen LogP) is 3.64. The Labute approximate surface area is 145 Å². The van der Waals surface area contributed by atoms with E-state index in [0.717, 1.165) is 5.56 Å². The van der Waals surface area contributed by atoms with E-state index in [1.807, 2.05) is 37.3 Å². The summed E-state index contributed by atoms with van der Waals surface area (Å²) in [7, 11) is 0. The van der Waals surface area contributed by atoms with E-state index in [1.165, 1.54) is 6.26 Å². The van der Waals surface area contributed by atoms with Crippen molar-refractivity contribution in [3.63, 3.8) is 0 Å². The predicted molar refractivity (Wildman–Crippen MR) is 92.2 cm³/mol. The van der Waals surface area contributed by atoms with Gasteiger partial charge >= 0.3 is 6.03 Å². The summed E-state index contributed by atoms with van der Waals surface area (Å²) >= 11 is 0. The molecule has 0 saturated heterocycles. The number of hydrogen-bond donors (Lipinski definition) is 2. The highest BCUT2D eigenvalue weighted by Gasteiger charge is 2.21. The Bertz CT molecular complexity index is 812. The molecule has 3 rings (SSSR count). The van der Waals surface area contributed by atoms with Gasteiger partial charge in [0.05, 0.1) is 6.20 Å². The van der Waals surface area contributed by atoms with E-state index >= 15 is 0 Å². The summed E-state index contributed by atoms with van der Waals surface area (Å²) in [6, 6.07) is 9.10. The maximum atomic E-state index is 12.5. The zero-order valence-electron chi connectivity index (χ0n) is 14.2. The average Bonchev–Trinajstić information content (AvgIpc) is 3.26. The molecule has 0 bridgehead atoms. The fourth-order valence-electron chi connectivity index (χ4n) is 2.58. The number of rotatable bonds is 6. The van der Waals surface area contributed by atoms with Crippen molar-refractivity contribution in [3.8, 4) is 0 Å². The largest absolute Gasteiger partial charge is 0.447 e. The van der Waals surface area contributed by atoms with Gasteiger partial charge in [-0.15, -0.1) is 0 Å². The molecule has 0 fully saturated rings. The Morgan fingerprint density at radius 1 is 1.28 bits per heavy atom. The van der Waals surface area contributed by atoms with Crippen molar-refractivity contribution in [2.45, 2.75) is 32.7 Å². The standard InChI is InChI=1S/C18H20N4O3/c1-3-15-16(12(2)22-25-15)21-18(23)20-14(17-19-9-10-24-17)11-13-7-5-4-6-8-13/h4-10,14H,3,11H2,1-2H3,(H2,20,21,23). The normalized spacial score (nSPS) is 11.9. The maximum Gasteiger partial charge on any atom is 0.320 e. The van der Waals surface area contributed by atoms with Crippen molar-refractivity contribution in [1.29, 1.82) is 0 Å². The summed E-state index contributed by atoms with van der Waals surface area (Å²) in [4.78, 5) is 16.6. The van der Waals surface area contributed by atoms with Gasteiger partial charge in [0.25, 0.3) is 0 Å². The number of aryl methyl sites for hydroxylation is 2. The summed E-state index contributed by atoms with van der Waals surface area (Å²) in [6.07, 6.45) is 4.26. The Morgan fingerprint density at radius 2 is 2.08 bits per heavy atom. The van der Waals surface area contributed by atoms with Gasteiger partial charge in [0.2, 0.25) is 5.89 Å². The van der Waals surface area contributed by atoms with E-state index in [9.17, 15) is 4.79 Å². The number of benzene rings is 1. The molecule has 7 heteroatoms. The lowest BCUT2D eigenvalue weighted by atomic mass is 10.1. The first-order chi connectivity index (χ1) is 12.2. The van der Waals surface area contributed by atoms with Crippen LogP contribution in [0.2, 0.25) is 0 Å². The van der Waals surface area contributed by atoms with Crippen LogP contribution in [0.4, 0.5) is 10.5 Å². The zero-order chi connectivity index (χ0) is 17.6. The van der Waals surface area contributed by atoms with Gasteiger partial charge in [-0.3, -0.25) is 0 Å². The van der Waals surface area contributed by atoms with E-state index < -0.39 is 0 Å². The molecule has 130 valence electrons. The van der Waals surface area contributed by atoms with E-state index in [1.54, 1.807) is 13.1 Å². The number of carbonyl (C=O) groups is 1. The molecule has 0 aliphatic heterocycles. The minimum Gasteiger partial charge on any atom is -0.447 e. The zero-order valence-corrected chi connectivity index (χ0v) is 14.2. The van der Waals surface area contributed by atoms with Crippen LogP contribution in [-0.4, -0.2) is 16.2 Å². The lowest BCUT2D eigenvalue weighted by Crippen LogP contribution is -2.34. The second kappa shape index (κ2) is 7.65. The minimum atomic E-state index is -0.386. The molecule has 0 saturated carbocycles. The number of aromatic nitrogens is 2. The Balaban J connectivity index is 1.73. The molecular formula is C18H20N4O3. The van der Waals surface area contributed by atoms with Gasteiger partial charge in [0, 0.05) is 12.8 Å².